The molecule has 6 rings (SSSR count). The molecule has 0 unspecified atom stereocenters. The zero-order valence-electron chi connectivity index (χ0n) is 18.6. The number of hydrogen-bond acceptors (Lipinski definition) is 7. The summed E-state index contributed by atoms with van der Waals surface area (Å²) in [4.78, 5) is 22.8. The zero-order valence-corrected chi connectivity index (χ0v) is 19.5. The normalized spacial score (nSPS) is 15.8. The first-order valence-electron chi connectivity index (χ1n) is 11.5. The standard InChI is InChI=1S/C26H24N4O3S/c31-26(21-7-8-22-20(16-21)9-14-32-22)30-12-10-29(11-13-30)17-18-3-5-19(6-4-18)24-27-25(33-28-24)23-2-1-15-34-23/h1-8,15-16H,9-14,17H2. The molecule has 0 saturated carbocycles. The van der Waals surface area contributed by atoms with Crippen molar-refractivity contribution < 1.29 is 14.1 Å². The highest BCUT2D eigenvalue weighted by Crippen LogP contribution is 2.27. The molecule has 2 aliphatic heterocycles. The van der Waals surface area contributed by atoms with Crippen LogP contribution in [0.5, 0.6) is 5.75 Å². The fraction of sp³-hybridized carbons (Fsp3) is 0.269. The lowest BCUT2D eigenvalue weighted by molar-refractivity contribution is 0.0628. The number of thiophene rings is 1. The average Bonchev–Trinajstić information content (AvgIpc) is 3.66. The molecule has 8 heteroatoms. The van der Waals surface area contributed by atoms with Crippen LogP contribution in [0, 0.1) is 0 Å². The van der Waals surface area contributed by atoms with Crippen molar-refractivity contribution in [2.45, 2.75) is 13.0 Å². The number of carbonyl (C=O) groups is 1. The second-order valence-corrected chi connectivity index (χ2v) is 9.53. The van der Waals surface area contributed by atoms with Gasteiger partial charge in [-0.05, 0) is 40.8 Å². The number of nitrogens with zero attached hydrogens (tertiary/aromatic N) is 4. The van der Waals surface area contributed by atoms with Gasteiger partial charge in [-0.2, -0.15) is 4.98 Å². The summed E-state index contributed by atoms with van der Waals surface area (Å²) >= 11 is 1.58. The Balaban J connectivity index is 1.04. The summed E-state index contributed by atoms with van der Waals surface area (Å²) in [7, 11) is 0. The SMILES string of the molecule is O=C(c1ccc2c(c1)CCO2)N1CCN(Cc2ccc(-c3noc(-c4cccs4)n3)cc2)CC1. The number of benzene rings is 2. The predicted octanol–water partition coefficient (Wildman–Crippen LogP) is 4.36. The molecule has 0 bridgehead atoms. The van der Waals surface area contributed by atoms with E-state index in [2.05, 4.69) is 27.2 Å². The Morgan fingerprint density at radius 2 is 1.88 bits per heavy atom. The van der Waals surface area contributed by atoms with Crippen molar-refractivity contribution in [3.05, 3.63) is 76.7 Å². The van der Waals surface area contributed by atoms with Crippen molar-refractivity contribution in [3.8, 4) is 27.9 Å². The molecule has 7 nitrogen and oxygen atoms in total. The Labute approximate surface area is 201 Å². The smallest absolute Gasteiger partial charge is 0.268 e. The predicted molar refractivity (Wildman–Crippen MR) is 130 cm³/mol. The lowest BCUT2D eigenvalue weighted by Gasteiger charge is -2.34. The van der Waals surface area contributed by atoms with Crippen LogP contribution in [0.4, 0.5) is 0 Å². The number of aromatic nitrogens is 2. The van der Waals surface area contributed by atoms with Gasteiger partial charge in [-0.25, -0.2) is 0 Å². The van der Waals surface area contributed by atoms with E-state index in [0.29, 0.717) is 18.3 Å². The highest BCUT2D eigenvalue weighted by molar-refractivity contribution is 7.13. The number of piperazine rings is 1. The van der Waals surface area contributed by atoms with Gasteiger partial charge >= 0.3 is 0 Å². The second kappa shape index (κ2) is 9.04. The fourth-order valence-electron chi connectivity index (χ4n) is 4.47. The van der Waals surface area contributed by atoms with Gasteiger partial charge in [0.1, 0.15) is 5.75 Å². The molecule has 2 aromatic heterocycles. The van der Waals surface area contributed by atoms with Crippen LogP contribution in [0.1, 0.15) is 21.5 Å². The molecule has 1 fully saturated rings. The van der Waals surface area contributed by atoms with Crippen molar-refractivity contribution in [2.75, 3.05) is 32.8 Å². The number of ether oxygens (including phenoxy) is 1. The van der Waals surface area contributed by atoms with Gasteiger partial charge in [0.05, 0.1) is 11.5 Å². The first kappa shape index (κ1) is 21.1. The van der Waals surface area contributed by atoms with Gasteiger partial charge in [0.2, 0.25) is 5.82 Å². The molecule has 0 spiro atoms. The third kappa shape index (κ3) is 4.22. The first-order chi connectivity index (χ1) is 16.7. The Morgan fingerprint density at radius 1 is 1.03 bits per heavy atom. The minimum atomic E-state index is 0.112. The Hall–Kier alpha value is -3.49. The molecule has 1 amide bonds. The van der Waals surface area contributed by atoms with Gasteiger partial charge in [-0.1, -0.05) is 35.5 Å². The molecular formula is C26H24N4O3S. The van der Waals surface area contributed by atoms with E-state index in [1.807, 2.05) is 52.7 Å². The molecule has 4 heterocycles. The summed E-state index contributed by atoms with van der Waals surface area (Å²) in [5, 5.41) is 6.11. The number of carbonyl (C=O) groups excluding carboxylic acids is 1. The average molecular weight is 473 g/mol. The first-order valence-corrected chi connectivity index (χ1v) is 12.4. The minimum Gasteiger partial charge on any atom is -0.493 e. The molecule has 4 aromatic rings. The van der Waals surface area contributed by atoms with Crippen molar-refractivity contribution >= 4 is 17.2 Å². The molecule has 0 atom stereocenters. The van der Waals surface area contributed by atoms with Gasteiger partial charge in [-0.15, -0.1) is 11.3 Å². The van der Waals surface area contributed by atoms with E-state index in [4.69, 9.17) is 9.26 Å². The Kier molecular flexibility index (Phi) is 5.60. The second-order valence-electron chi connectivity index (χ2n) is 8.59. The molecule has 0 aliphatic carbocycles. The van der Waals surface area contributed by atoms with Gasteiger partial charge in [0, 0.05) is 50.3 Å². The summed E-state index contributed by atoms with van der Waals surface area (Å²) < 4.78 is 11.0. The van der Waals surface area contributed by atoms with Crippen LogP contribution in [-0.4, -0.2) is 58.6 Å². The number of fused-ring (bicyclic) bond motifs is 1. The fourth-order valence-corrected chi connectivity index (χ4v) is 5.11. The number of rotatable bonds is 5. The van der Waals surface area contributed by atoms with Crippen LogP contribution in [0.3, 0.4) is 0 Å². The van der Waals surface area contributed by atoms with Crippen LogP contribution in [-0.2, 0) is 13.0 Å². The van der Waals surface area contributed by atoms with Crippen LogP contribution in [0.15, 0.2) is 64.5 Å². The molecule has 2 aliphatic rings. The summed E-state index contributed by atoms with van der Waals surface area (Å²) in [6.45, 7) is 4.74. The molecule has 34 heavy (non-hydrogen) atoms. The van der Waals surface area contributed by atoms with E-state index >= 15 is 0 Å². The van der Waals surface area contributed by atoms with Crippen LogP contribution in [0.2, 0.25) is 0 Å². The number of hydrogen-bond donors (Lipinski definition) is 0. The third-order valence-electron chi connectivity index (χ3n) is 6.37. The van der Waals surface area contributed by atoms with Crippen LogP contribution in [0.25, 0.3) is 22.2 Å². The lowest BCUT2D eigenvalue weighted by Crippen LogP contribution is -2.48. The van der Waals surface area contributed by atoms with Crippen molar-refractivity contribution in [2.24, 2.45) is 0 Å². The van der Waals surface area contributed by atoms with Crippen molar-refractivity contribution in [1.29, 1.82) is 0 Å². The van der Waals surface area contributed by atoms with E-state index < -0.39 is 0 Å². The maximum Gasteiger partial charge on any atom is 0.268 e. The van der Waals surface area contributed by atoms with Crippen LogP contribution >= 0.6 is 11.3 Å². The van der Waals surface area contributed by atoms with Gasteiger partial charge in [-0.3, -0.25) is 9.69 Å². The molecule has 0 radical (unpaired) electrons. The summed E-state index contributed by atoms with van der Waals surface area (Å²) in [5.41, 5.74) is 4.06. The molecule has 172 valence electrons. The molecular weight excluding hydrogens is 448 g/mol. The number of amides is 1. The van der Waals surface area contributed by atoms with E-state index in [0.717, 1.165) is 66.5 Å². The highest BCUT2D eigenvalue weighted by atomic mass is 32.1. The lowest BCUT2D eigenvalue weighted by atomic mass is 10.1. The summed E-state index contributed by atoms with van der Waals surface area (Å²) in [6.07, 6.45) is 0.880. The van der Waals surface area contributed by atoms with Gasteiger partial charge in [0.15, 0.2) is 0 Å². The van der Waals surface area contributed by atoms with Gasteiger partial charge < -0.3 is 14.2 Å². The van der Waals surface area contributed by atoms with Gasteiger partial charge in [0.25, 0.3) is 11.8 Å². The largest absolute Gasteiger partial charge is 0.493 e. The van der Waals surface area contributed by atoms with Crippen molar-refractivity contribution in [3.63, 3.8) is 0 Å². The monoisotopic (exact) mass is 472 g/mol. The topological polar surface area (TPSA) is 71.7 Å². The maximum absolute atomic E-state index is 13.0. The molecule has 0 N–H and O–H groups in total. The Morgan fingerprint density at radius 3 is 2.68 bits per heavy atom. The maximum atomic E-state index is 13.0. The van der Waals surface area contributed by atoms with Crippen molar-refractivity contribution in [1.82, 2.24) is 19.9 Å². The molecule has 2 aromatic carbocycles. The molecule has 1 saturated heterocycles. The zero-order chi connectivity index (χ0) is 22.9. The summed E-state index contributed by atoms with van der Waals surface area (Å²) in [5.74, 6) is 2.17. The van der Waals surface area contributed by atoms with E-state index in [1.54, 1.807) is 11.3 Å². The van der Waals surface area contributed by atoms with Crippen LogP contribution < -0.4 is 4.74 Å². The minimum absolute atomic E-state index is 0.112. The Bertz CT molecular complexity index is 1290. The van der Waals surface area contributed by atoms with E-state index in [1.165, 1.54) is 5.56 Å². The van der Waals surface area contributed by atoms with E-state index in [-0.39, 0.29) is 5.91 Å². The highest BCUT2D eigenvalue weighted by Gasteiger charge is 2.24. The third-order valence-corrected chi connectivity index (χ3v) is 7.23. The van der Waals surface area contributed by atoms with E-state index in [9.17, 15) is 4.79 Å². The summed E-state index contributed by atoms with van der Waals surface area (Å²) in [6, 6.07) is 18.0. The quantitative estimate of drug-likeness (QED) is 0.430.